The number of pyridine rings is 1. The second-order valence-electron chi connectivity index (χ2n) is 8.31. The number of thiazole rings is 1. The van der Waals surface area contributed by atoms with E-state index in [0.29, 0.717) is 34.9 Å². The number of piperidine rings is 1. The number of aromatic nitrogens is 4. The van der Waals surface area contributed by atoms with Gasteiger partial charge in [-0.1, -0.05) is 30.3 Å². The van der Waals surface area contributed by atoms with E-state index in [1.165, 1.54) is 5.56 Å². The van der Waals surface area contributed by atoms with Crippen LogP contribution < -0.4 is 10.9 Å². The second kappa shape index (κ2) is 9.18. The molecule has 0 amide bonds. The van der Waals surface area contributed by atoms with Crippen LogP contribution in [0.1, 0.15) is 24.2 Å². The minimum atomic E-state index is -0.137. The minimum absolute atomic E-state index is 0.137. The molecule has 4 heterocycles. The van der Waals surface area contributed by atoms with E-state index in [9.17, 15) is 4.79 Å². The van der Waals surface area contributed by atoms with Crippen molar-refractivity contribution < 1.29 is 0 Å². The molecule has 3 aromatic heterocycles. The monoisotopic (exact) mass is 446 g/mol. The van der Waals surface area contributed by atoms with Crippen LogP contribution in [0.5, 0.6) is 0 Å². The molecule has 1 aliphatic rings. The molecule has 0 radical (unpaired) electrons. The fourth-order valence-corrected chi connectivity index (χ4v) is 4.87. The van der Waals surface area contributed by atoms with Crippen molar-refractivity contribution in [3.8, 4) is 11.4 Å². The second-order valence-corrected chi connectivity index (χ2v) is 9.17. The largest absolute Gasteiger partial charge is 0.359 e. The van der Waals surface area contributed by atoms with Gasteiger partial charge in [-0.25, -0.2) is 9.97 Å². The van der Waals surface area contributed by atoms with Crippen LogP contribution in [0, 0.1) is 0 Å². The summed E-state index contributed by atoms with van der Waals surface area (Å²) in [4.78, 5) is 32.1. The molecule has 1 aromatic carbocycles. The van der Waals surface area contributed by atoms with Gasteiger partial charge < -0.3 is 15.2 Å². The van der Waals surface area contributed by atoms with Crippen molar-refractivity contribution in [1.29, 1.82) is 0 Å². The van der Waals surface area contributed by atoms with E-state index < -0.39 is 0 Å². The van der Waals surface area contributed by atoms with Gasteiger partial charge in [0, 0.05) is 24.0 Å². The first-order chi connectivity index (χ1) is 15.7. The average molecular weight is 447 g/mol. The molecule has 0 unspecified atom stereocenters. The number of aryl methyl sites for hydroxylation is 2. The van der Waals surface area contributed by atoms with Gasteiger partial charge in [0.15, 0.2) is 5.13 Å². The molecule has 4 aromatic rings. The number of H-pyrrole nitrogens is 1. The first-order valence-electron chi connectivity index (χ1n) is 11.0. The Kier molecular flexibility index (Phi) is 5.96. The van der Waals surface area contributed by atoms with Gasteiger partial charge in [-0.05, 0) is 51.0 Å². The van der Waals surface area contributed by atoms with Crippen LogP contribution in [0.25, 0.3) is 22.3 Å². The van der Waals surface area contributed by atoms with Gasteiger partial charge in [0.1, 0.15) is 22.7 Å². The Bertz CT molecular complexity index is 1260. The molecule has 2 N–H and O–H groups in total. The molecule has 0 spiro atoms. The molecule has 0 atom stereocenters. The molecule has 32 heavy (non-hydrogen) atoms. The number of hydrogen-bond acceptors (Lipinski definition) is 7. The Hall–Kier alpha value is -3.10. The van der Waals surface area contributed by atoms with Crippen molar-refractivity contribution in [3.63, 3.8) is 0 Å². The Morgan fingerprint density at radius 2 is 1.94 bits per heavy atom. The summed E-state index contributed by atoms with van der Waals surface area (Å²) >= 11 is 1.57. The van der Waals surface area contributed by atoms with Gasteiger partial charge in [-0.3, -0.25) is 9.78 Å². The Labute approximate surface area is 190 Å². The van der Waals surface area contributed by atoms with Crippen LogP contribution in [0.3, 0.4) is 0 Å². The molecule has 1 fully saturated rings. The molecule has 164 valence electrons. The lowest BCUT2D eigenvalue weighted by molar-refractivity contribution is 0.264. The normalized spacial score (nSPS) is 15.3. The zero-order valence-corrected chi connectivity index (χ0v) is 18.9. The summed E-state index contributed by atoms with van der Waals surface area (Å²) in [5.41, 5.74) is 3.09. The van der Waals surface area contributed by atoms with Gasteiger partial charge in [-0.2, -0.15) is 0 Å². The first kappa shape index (κ1) is 20.8. The number of fused-ring (bicyclic) bond motifs is 1. The maximum absolute atomic E-state index is 12.7. The van der Waals surface area contributed by atoms with Gasteiger partial charge in [0.25, 0.3) is 5.56 Å². The predicted octanol–water partition coefficient (Wildman–Crippen LogP) is 3.73. The summed E-state index contributed by atoms with van der Waals surface area (Å²) in [5.74, 6) is 0.667. The van der Waals surface area contributed by atoms with Crippen LogP contribution in [-0.2, 0) is 12.8 Å². The number of likely N-dealkylation sites (tertiary alicyclic amines) is 1. The van der Waals surface area contributed by atoms with Crippen LogP contribution >= 0.6 is 11.3 Å². The smallest absolute Gasteiger partial charge is 0.258 e. The molecule has 0 saturated carbocycles. The van der Waals surface area contributed by atoms with Crippen molar-refractivity contribution in [2.45, 2.75) is 31.7 Å². The van der Waals surface area contributed by atoms with Crippen LogP contribution in [0.15, 0.2) is 52.8 Å². The summed E-state index contributed by atoms with van der Waals surface area (Å²) in [7, 11) is 2.16. The van der Waals surface area contributed by atoms with Gasteiger partial charge in [-0.15, -0.1) is 11.3 Å². The summed E-state index contributed by atoms with van der Waals surface area (Å²) in [6.45, 7) is 2.19. The van der Waals surface area contributed by atoms with Crippen molar-refractivity contribution in [2.75, 3.05) is 25.5 Å². The fourth-order valence-electron chi connectivity index (χ4n) is 4.10. The zero-order chi connectivity index (χ0) is 21.9. The third-order valence-corrected chi connectivity index (χ3v) is 6.73. The standard InChI is InChI=1S/C24H26N6OS/c1-30-13-10-17(11-14-30)26-24-27-19(15-32-24)22-21-18(9-12-25-22)23(31)29-20(28-21)8-7-16-5-3-2-4-6-16/h2-6,9,12,15,17H,7-8,10-11,13-14H2,1H3,(H,26,27)(H,28,29,31). The molecular weight excluding hydrogens is 420 g/mol. The zero-order valence-electron chi connectivity index (χ0n) is 18.0. The lowest BCUT2D eigenvalue weighted by Crippen LogP contribution is -2.36. The number of hydrogen-bond donors (Lipinski definition) is 2. The van der Waals surface area contributed by atoms with Crippen molar-refractivity contribution >= 4 is 27.4 Å². The van der Waals surface area contributed by atoms with E-state index in [2.05, 4.69) is 39.4 Å². The van der Waals surface area contributed by atoms with E-state index in [0.717, 1.165) is 43.2 Å². The molecule has 1 aliphatic heterocycles. The third-order valence-electron chi connectivity index (χ3n) is 5.96. The highest BCUT2D eigenvalue weighted by Crippen LogP contribution is 2.28. The summed E-state index contributed by atoms with van der Waals surface area (Å²) in [5, 5.41) is 6.99. The van der Waals surface area contributed by atoms with E-state index in [1.54, 1.807) is 23.6 Å². The Morgan fingerprint density at radius 3 is 2.75 bits per heavy atom. The first-order valence-corrected chi connectivity index (χ1v) is 11.9. The minimum Gasteiger partial charge on any atom is -0.359 e. The molecule has 0 bridgehead atoms. The molecule has 0 aliphatic carbocycles. The maximum atomic E-state index is 12.7. The van der Waals surface area contributed by atoms with E-state index >= 15 is 0 Å². The molecule has 8 heteroatoms. The molecule has 5 rings (SSSR count). The number of nitrogens with one attached hydrogen (secondary N) is 2. The van der Waals surface area contributed by atoms with Crippen molar-refractivity contribution in [1.82, 2.24) is 24.8 Å². The lowest BCUT2D eigenvalue weighted by atomic mass is 10.1. The highest BCUT2D eigenvalue weighted by molar-refractivity contribution is 7.14. The third kappa shape index (κ3) is 4.56. The SMILES string of the molecule is CN1CCC(Nc2nc(-c3nccc4c(=O)[nH]c(CCc5ccccc5)nc34)cs2)CC1. The Balaban J connectivity index is 1.41. The van der Waals surface area contributed by atoms with E-state index in [-0.39, 0.29) is 5.56 Å². The number of anilines is 1. The van der Waals surface area contributed by atoms with E-state index in [4.69, 9.17) is 9.97 Å². The van der Waals surface area contributed by atoms with Crippen molar-refractivity contribution in [2.24, 2.45) is 0 Å². The van der Waals surface area contributed by atoms with Crippen LogP contribution in [-0.4, -0.2) is 51.0 Å². The number of aromatic amines is 1. The van der Waals surface area contributed by atoms with Gasteiger partial charge >= 0.3 is 0 Å². The maximum Gasteiger partial charge on any atom is 0.258 e. The summed E-state index contributed by atoms with van der Waals surface area (Å²) in [6, 6.07) is 12.4. The number of rotatable bonds is 6. The highest BCUT2D eigenvalue weighted by Gasteiger charge is 2.19. The molecule has 1 saturated heterocycles. The number of benzene rings is 1. The lowest BCUT2D eigenvalue weighted by Gasteiger charge is -2.29. The quantitative estimate of drug-likeness (QED) is 0.469. The summed E-state index contributed by atoms with van der Waals surface area (Å²) < 4.78 is 0. The fraction of sp³-hybridized carbons (Fsp3) is 0.333. The van der Waals surface area contributed by atoms with E-state index in [1.807, 2.05) is 23.6 Å². The number of nitrogens with zero attached hydrogens (tertiary/aromatic N) is 4. The highest BCUT2D eigenvalue weighted by atomic mass is 32.1. The topological polar surface area (TPSA) is 86.8 Å². The average Bonchev–Trinajstić information content (AvgIpc) is 3.28. The van der Waals surface area contributed by atoms with Crippen molar-refractivity contribution in [3.05, 3.63) is 69.7 Å². The van der Waals surface area contributed by atoms with Crippen LogP contribution in [0.2, 0.25) is 0 Å². The van der Waals surface area contributed by atoms with Gasteiger partial charge in [0.2, 0.25) is 0 Å². The molecular formula is C24H26N6OS. The van der Waals surface area contributed by atoms with Gasteiger partial charge in [0.05, 0.1) is 5.39 Å². The van der Waals surface area contributed by atoms with Crippen LogP contribution in [0.4, 0.5) is 5.13 Å². The predicted molar refractivity (Wildman–Crippen MR) is 129 cm³/mol. The summed E-state index contributed by atoms with van der Waals surface area (Å²) in [6.07, 6.45) is 5.34. The Morgan fingerprint density at radius 1 is 1.12 bits per heavy atom. The molecule has 7 nitrogen and oxygen atoms in total.